The molecule has 2 aromatic rings. The van der Waals surface area contributed by atoms with Gasteiger partial charge in [0.15, 0.2) is 6.10 Å². The lowest BCUT2D eigenvalue weighted by Gasteiger charge is -2.33. The van der Waals surface area contributed by atoms with Crippen molar-refractivity contribution < 1.29 is 28.9 Å². The third-order valence-electron chi connectivity index (χ3n) is 7.49. The van der Waals surface area contributed by atoms with Crippen molar-refractivity contribution in [2.45, 2.75) is 76.8 Å². The van der Waals surface area contributed by atoms with E-state index in [1.165, 1.54) is 0 Å². The SMILES string of the molecule is C/C(=C\C(=O)OC(c1ccccc1)c1ccccc1)C1OC1(C)C[C@H](C)CCCC[C@H]1OC(=O)[C@@H]1CO. The van der Waals surface area contributed by atoms with E-state index in [0.717, 1.165) is 48.8 Å². The number of ether oxygens (including phenoxy) is 3. The van der Waals surface area contributed by atoms with E-state index < -0.39 is 6.10 Å². The Labute approximate surface area is 219 Å². The number of esters is 2. The van der Waals surface area contributed by atoms with E-state index in [9.17, 15) is 14.7 Å². The first-order valence-electron chi connectivity index (χ1n) is 13.3. The summed E-state index contributed by atoms with van der Waals surface area (Å²) in [5, 5.41) is 9.23. The average Bonchev–Trinajstić information content (AvgIpc) is 3.56. The molecule has 6 nitrogen and oxygen atoms in total. The molecule has 0 radical (unpaired) electrons. The van der Waals surface area contributed by atoms with Crippen LogP contribution in [0.2, 0.25) is 0 Å². The van der Waals surface area contributed by atoms with Crippen molar-refractivity contribution in [2.24, 2.45) is 11.8 Å². The Hall–Kier alpha value is -2.96. The Balaban J connectivity index is 1.25. The zero-order valence-corrected chi connectivity index (χ0v) is 22.0. The number of hydrogen-bond acceptors (Lipinski definition) is 6. The number of aliphatic hydroxyl groups is 1. The molecule has 2 unspecified atom stereocenters. The van der Waals surface area contributed by atoms with Crippen LogP contribution in [0.15, 0.2) is 72.3 Å². The highest BCUT2D eigenvalue weighted by molar-refractivity contribution is 5.83. The Kier molecular flexibility index (Phi) is 8.83. The summed E-state index contributed by atoms with van der Waals surface area (Å²) in [4.78, 5) is 24.2. The molecule has 2 aromatic carbocycles. The highest BCUT2D eigenvalue weighted by atomic mass is 16.6. The second-order valence-electron chi connectivity index (χ2n) is 10.7. The normalized spacial score (nSPS) is 25.8. The minimum absolute atomic E-state index is 0.0888. The summed E-state index contributed by atoms with van der Waals surface area (Å²) in [7, 11) is 0. The van der Waals surface area contributed by atoms with Gasteiger partial charge in [-0.05, 0) is 55.7 Å². The summed E-state index contributed by atoms with van der Waals surface area (Å²) >= 11 is 0. The van der Waals surface area contributed by atoms with Crippen LogP contribution in [0.1, 0.15) is 70.1 Å². The lowest BCUT2D eigenvalue weighted by Crippen LogP contribution is -2.47. The zero-order chi connectivity index (χ0) is 26.4. The van der Waals surface area contributed by atoms with Crippen molar-refractivity contribution in [2.75, 3.05) is 6.61 Å². The van der Waals surface area contributed by atoms with Gasteiger partial charge in [0, 0.05) is 6.08 Å². The fourth-order valence-electron chi connectivity index (χ4n) is 5.44. The largest absolute Gasteiger partial charge is 0.461 e. The summed E-state index contributed by atoms with van der Waals surface area (Å²) in [6, 6.07) is 19.5. The fourth-order valence-corrected chi connectivity index (χ4v) is 5.44. The number of carbonyl (C=O) groups excluding carboxylic acids is 2. The number of epoxide rings is 1. The van der Waals surface area contributed by atoms with Crippen molar-refractivity contribution in [3.05, 3.63) is 83.4 Å². The van der Waals surface area contributed by atoms with E-state index in [-0.39, 0.29) is 42.3 Å². The molecule has 2 aliphatic heterocycles. The Morgan fingerprint density at radius 2 is 1.70 bits per heavy atom. The number of aliphatic hydroxyl groups excluding tert-OH is 1. The third-order valence-corrected chi connectivity index (χ3v) is 7.49. The molecule has 1 N–H and O–H groups in total. The van der Waals surface area contributed by atoms with Gasteiger partial charge in [-0.1, -0.05) is 80.4 Å². The van der Waals surface area contributed by atoms with Crippen LogP contribution in [0.4, 0.5) is 0 Å². The predicted octanol–water partition coefficient (Wildman–Crippen LogP) is 5.54. The van der Waals surface area contributed by atoms with E-state index in [2.05, 4.69) is 13.8 Å². The molecule has 6 heteroatoms. The maximum absolute atomic E-state index is 12.9. The van der Waals surface area contributed by atoms with E-state index >= 15 is 0 Å². The molecule has 5 atom stereocenters. The molecule has 2 aliphatic rings. The molecule has 0 aromatic heterocycles. The summed E-state index contributed by atoms with van der Waals surface area (Å²) in [5.41, 5.74) is 2.46. The van der Waals surface area contributed by atoms with E-state index in [4.69, 9.17) is 14.2 Å². The number of benzene rings is 2. The van der Waals surface area contributed by atoms with Gasteiger partial charge >= 0.3 is 11.9 Å². The molecule has 4 rings (SSSR count). The summed E-state index contributed by atoms with van der Waals surface area (Å²) in [5.74, 6) is -0.533. The second kappa shape index (κ2) is 12.1. The van der Waals surface area contributed by atoms with Crippen molar-refractivity contribution in [3.8, 4) is 0 Å². The summed E-state index contributed by atoms with van der Waals surface area (Å²) < 4.78 is 17.1. The highest BCUT2D eigenvalue weighted by Gasteiger charge is 2.53. The number of hydrogen-bond donors (Lipinski definition) is 1. The monoisotopic (exact) mass is 506 g/mol. The van der Waals surface area contributed by atoms with Gasteiger partial charge in [-0.2, -0.15) is 0 Å². The van der Waals surface area contributed by atoms with Crippen LogP contribution in [0, 0.1) is 11.8 Å². The maximum Gasteiger partial charge on any atom is 0.331 e. The maximum atomic E-state index is 12.9. The molecule has 0 bridgehead atoms. The summed E-state index contributed by atoms with van der Waals surface area (Å²) in [6.45, 7) is 6.13. The van der Waals surface area contributed by atoms with Gasteiger partial charge in [0.2, 0.25) is 0 Å². The van der Waals surface area contributed by atoms with Crippen molar-refractivity contribution in [1.29, 1.82) is 0 Å². The Morgan fingerprint density at radius 3 is 2.27 bits per heavy atom. The van der Waals surface area contributed by atoms with Crippen LogP contribution in [0.3, 0.4) is 0 Å². The number of rotatable bonds is 13. The molecular formula is C31H38O6. The van der Waals surface area contributed by atoms with Gasteiger partial charge in [0.1, 0.15) is 18.1 Å². The van der Waals surface area contributed by atoms with E-state index in [1.54, 1.807) is 6.08 Å². The smallest absolute Gasteiger partial charge is 0.331 e. The first kappa shape index (κ1) is 27.1. The molecule has 2 heterocycles. The van der Waals surface area contributed by atoms with Crippen LogP contribution in [0.25, 0.3) is 0 Å². The van der Waals surface area contributed by atoms with Gasteiger partial charge in [-0.15, -0.1) is 0 Å². The molecule has 0 spiro atoms. The third kappa shape index (κ3) is 6.88. The molecule has 0 amide bonds. The fraction of sp³-hybridized carbons (Fsp3) is 0.484. The Morgan fingerprint density at radius 1 is 1.08 bits per heavy atom. The average molecular weight is 507 g/mol. The second-order valence-corrected chi connectivity index (χ2v) is 10.7. The number of cyclic esters (lactones) is 1. The van der Waals surface area contributed by atoms with Crippen LogP contribution in [-0.4, -0.2) is 41.5 Å². The van der Waals surface area contributed by atoms with E-state index in [1.807, 2.05) is 67.6 Å². The summed E-state index contributed by atoms with van der Waals surface area (Å²) in [6.07, 6.45) is 5.65. The first-order valence-corrected chi connectivity index (χ1v) is 13.3. The van der Waals surface area contributed by atoms with Gasteiger partial charge in [-0.3, -0.25) is 4.79 Å². The van der Waals surface area contributed by atoms with Crippen LogP contribution < -0.4 is 0 Å². The van der Waals surface area contributed by atoms with Crippen LogP contribution >= 0.6 is 0 Å². The zero-order valence-electron chi connectivity index (χ0n) is 22.0. The molecule has 2 saturated heterocycles. The van der Waals surface area contributed by atoms with Crippen LogP contribution in [0.5, 0.6) is 0 Å². The van der Waals surface area contributed by atoms with Crippen LogP contribution in [-0.2, 0) is 23.8 Å². The predicted molar refractivity (Wildman–Crippen MR) is 141 cm³/mol. The molecule has 0 saturated carbocycles. The molecule has 0 aliphatic carbocycles. The van der Waals surface area contributed by atoms with Crippen molar-refractivity contribution >= 4 is 11.9 Å². The van der Waals surface area contributed by atoms with Crippen molar-refractivity contribution in [3.63, 3.8) is 0 Å². The van der Waals surface area contributed by atoms with Crippen molar-refractivity contribution in [1.82, 2.24) is 0 Å². The van der Waals surface area contributed by atoms with Gasteiger partial charge < -0.3 is 19.3 Å². The topological polar surface area (TPSA) is 85.4 Å². The van der Waals surface area contributed by atoms with Gasteiger partial charge in [-0.25, -0.2) is 4.79 Å². The quantitative estimate of drug-likeness (QED) is 0.166. The molecule has 198 valence electrons. The number of unbranched alkanes of at least 4 members (excludes halogenated alkanes) is 1. The van der Waals surface area contributed by atoms with Gasteiger partial charge in [0.05, 0.1) is 12.2 Å². The lowest BCUT2D eigenvalue weighted by molar-refractivity contribution is -0.189. The Bertz CT molecular complexity index is 1040. The molecular weight excluding hydrogens is 468 g/mol. The lowest BCUT2D eigenvalue weighted by atomic mass is 9.87. The number of carbonyl (C=O) groups is 2. The minimum Gasteiger partial charge on any atom is -0.461 e. The minimum atomic E-state index is -0.471. The molecule has 37 heavy (non-hydrogen) atoms. The first-order chi connectivity index (χ1) is 17.8. The molecule has 2 fully saturated rings. The van der Waals surface area contributed by atoms with E-state index in [0.29, 0.717) is 5.92 Å². The highest BCUT2D eigenvalue weighted by Crippen LogP contribution is 2.46. The van der Waals surface area contributed by atoms with Gasteiger partial charge in [0.25, 0.3) is 0 Å². The standard InChI is InChI=1S/C31H38O6/c1-21(12-10-11-17-26-25(20-32)30(34)35-26)19-31(3)29(37-31)22(2)18-27(33)36-28(23-13-6-4-7-14-23)24-15-8-5-9-16-24/h4-9,13-16,18,21,25-26,28-29,32H,10-12,17,19-20H2,1-3H3/b22-18+/t21-,25-,26-,29?,31?/m1/s1.